The highest BCUT2D eigenvalue weighted by molar-refractivity contribution is 7.81. The molecular formula is C24H27N5OS. The summed E-state index contributed by atoms with van der Waals surface area (Å²) in [5.74, 6) is 1.63. The Morgan fingerprint density at radius 3 is 2.58 bits per heavy atom. The van der Waals surface area contributed by atoms with Crippen molar-refractivity contribution in [2.45, 2.75) is 39.3 Å². The molecule has 2 aromatic heterocycles. The number of nitrogen functional groups attached to an aromatic ring is 1. The number of unbranched alkanes of at least 4 members (excludes halogenated alkanes) is 1. The summed E-state index contributed by atoms with van der Waals surface area (Å²) in [4.78, 5) is 20.9. The van der Waals surface area contributed by atoms with Gasteiger partial charge in [0.15, 0.2) is 5.82 Å². The lowest BCUT2D eigenvalue weighted by atomic mass is 10.1. The van der Waals surface area contributed by atoms with E-state index in [4.69, 9.17) is 10.7 Å². The average Bonchev–Trinajstić information content (AvgIpc) is 3.16. The van der Waals surface area contributed by atoms with Crippen molar-refractivity contribution in [1.82, 2.24) is 19.9 Å². The molecule has 4 aromatic rings. The van der Waals surface area contributed by atoms with E-state index in [2.05, 4.69) is 52.6 Å². The first kappa shape index (κ1) is 21.2. The Balaban J connectivity index is 1.72. The summed E-state index contributed by atoms with van der Waals surface area (Å²) in [5.41, 5.74) is 11.2. The van der Waals surface area contributed by atoms with Crippen LogP contribution in [0.3, 0.4) is 0 Å². The van der Waals surface area contributed by atoms with Crippen molar-refractivity contribution in [3.8, 4) is 0 Å². The highest BCUT2D eigenvalue weighted by Gasteiger charge is 2.17. The van der Waals surface area contributed by atoms with E-state index in [1.54, 1.807) is 0 Å². The first-order valence-electron chi connectivity index (χ1n) is 10.6. The van der Waals surface area contributed by atoms with Gasteiger partial charge in [0.25, 0.3) is 0 Å². The van der Waals surface area contributed by atoms with Crippen LogP contribution in [0.4, 0.5) is 5.82 Å². The van der Waals surface area contributed by atoms with Gasteiger partial charge in [-0.2, -0.15) is 12.6 Å². The number of imidazole rings is 1. The summed E-state index contributed by atoms with van der Waals surface area (Å²) in [6.07, 6.45) is 3.07. The number of nitrogens with one attached hydrogen (secondary N) is 1. The molecule has 0 radical (unpaired) electrons. The number of anilines is 1. The topological polar surface area (TPSA) is 85.8 Å². The molecule has 0 saturated carbocycles. The van der Waals surface area contributed by atoms with E-state index in [-0.39, 0.29) is 11.7 Å². The molecule has 0 bridgehead atoms. The number of aryl methyl sites for hydroxylation is 1. The summed E-state index contributed by atoms with van der Waals surface area (Å²) in [5, 5.41) is 3.91. The van der Waals surface area contributed by atoms with Crippen molar-refractivity contribution in [2.24, 2.45) is 0 Å². The molecule has 0 aliphatic heterocycles. The molecule has 4 rings (SSSR count). The molecule has 0 saturated heterocycles. The van der Waals surface area contributed by atoms with Gasteiger partial charge in [-0.05, 0) is 23.6 Å². The van der Waals surface area contributed by atoms with E-state index >= 15 is 0 Å². The molecule has 160 valence electrons. The number of nitrogens with zero attached hydrogens (tertiary/aromatic N) is 3. The highest BCUT2D eigenvalue weighted by atomic mass is 32.1. The van der Waals surface area contributed by atoms with Crippen molar-refractivity contribution in [2.75, 3.05) is 11.5 Å². The van der Waals surface area contributed by atoms with Gasteiger partial charge in [0.1, 0.15) is 11.3 Å². The van der Waals surface area contributed by atoms with Gasteiger partial charge in [-0.1, -0.05) is 55.8 Å². The third-order valence-corrected chi connectivity index (χ3v) is 5.73. The van der Waals surface area contributed by atoms with Crippen molar-refractivity contribution in [3.05, 3.63) is 65.5 Å². The Bertz CT molecular complexity index is 1220. The molecule has 2 heterocycles. The maximum Gasteiger partial charge on any atom is 0.229 e. The number of hydrogen-bond acceptors (Lipinski definition) is 5. The second kappa shape index (κ2) is 9.39. The molecular weight excluding hydrogens is 406 g/mol. The fraction of sp³-hybridized carbons (Fsp3) is 0.292. The summed E-state index contributed by atoms with van der Waals surface area (Å²) < 4.78 is 2.28. The lowest BCUT2D eigenvalue weighted by Gasteiger charge is -2.12. The third kappa shape index (κ3) is 4.51. The molecule has 0 atom stereocenters. The maximum absolute atomic E-state index is 11.4. The van der Waals surface area contributed by atoms with E-state index in [0.29, 0.717) is 18.9 Å². The maximum atomic E-state index is 11.4. The Labute approximate surface area is 187 Å². The first-order valence-corrected chi connectivity index (χ1v) is 11.2. The Morgan fingerprint density at radius 2 is 1.84 bits per heavy atom. The average molecular weight is 434 g/mol. The second-order valence-electron chi connectivity index (χ2n) is 7.68. The lowest BCUT2D eigenvalue weighted by Crippen LogP contribution is -2.23. The smallest absolute Gasteiger partial charge is 0.229 e. The molecule has 2 aromatic carbocycles. The predicted octanol–water partition coefficient (Wildman–Crippen LogP) is 4.10. The van der Waals surface area contributed by atoms with Gasteiger partial charge >= 0.3 is 0 Å². The van der Waals surface area contributed by atoms with Crippen molar-refractivity contribution < 1.29 is 4.79 Å². The summed E-state index contributed by atoms with van der Waals surface area (Å²) in [6, 6.07) is 16.4. The minimum absolute atomic E-state index is 0.0732. The molecule has 0 fully saturated rings. The number of benzene rings is 2. The van der Waals surface area contributed by atoms with Crippen LogP contribution in [0.15, 0.2) is 48.5 Å². The van der Waals surface area contributed by atoms with Crippen LogP contribution in [0.25, 0.3) is 21.9 Å². The lowest BCUT2D eigenvalue weighted by molar-refractivity contribution is -0.118. The number of thiol groups is 1. The van der Waals surface area contributed by atoms with E-state index in [1.165, 1.54) is 5.56 Å². The van der Waals surface area contributed by atoms with E-state index in [9.17, 15) is 4.79 Å². The number of amides is 1. The number of carbonyl (C=O) groups excluding carboxylic acids is 1. The van der Waals surface area contributed by atoms with Crippen molar-refractivity contribution >= 4 is 46.3 Å². The number of para-hydroxylation sites is 1. The summed E-state index contributed by atoms with van der Waals surface area (Å²) in [6.45, 7) is 3.39. The number of fused-ring (bicyclic) bond motifs is 3. The molecule has 1 amide bonds. The standard InChI is InChI=1S/C24H27N5OS/c1-2-3-8-20-28-22-23(18-6-4-5-7-19(18)27-24(22)25)29(20)14-17-11-9-16(10-12-17)13-26-21(30)15-31/h4-7,9-12,31H,2-3,8,13-15H2,1H3,(H2,25,27)(H,26,30). The van der Waals surface area contributed by atoms with E-state index in [0.717, 1.165) is 52.6 Å². The molecule has 0 unspecified atom stereocenters. The van der Waals surface area contributed by atoms with Crippen LogP contribution in [-0.4, -0.2) is 26.2 Å². The molecule has 3 N–H and O–H groups in total. The highest BCUT2D eigenvalue weighted by Crippen LogP contribution is 2.30. The van der Waals surface area contributed by atoms with Crippen molar-refractivity contribution in [1.29, 1.82) is 0 Å². The van der Waals surface area contributed by atoms with Gasteiger partial charge in [-0.15, -0.1) is 0 Å². The van der Waals surface area contributed by atoms with E-state index < -0.39 is 0 Å². The Hall–Kier alpha value is -3.06. The number of rotatable bonds is 8. The Kier molecular flexibility index (Phi) is 6.42. The van der Waals surface area contributed by atoms with E-state index in [1.807, 2.05) is 30.3 Å². The predicted molar refractivity (Wildman–Crippen MR) is 129 cm³/mol. The molecule has 0 aliphatic rings. The van der Waals surface area contributed by atoms with Gasteiger partial charge in [0.05, 0.1) is 16.8 Å². The number of nitrogens with two attached hydrogens (primary N) is 1. The molecule has 0 aliphatic carbocycles. The number of pyridine rings is 1. The first-order chi connectivity index (χ1) is 15.1. The molecule has 0 spiro atoms. The zero-order valence-corrected chi connectivity index (χ0v) is 18.5. The van der Waals surface area contributed by atoms with Gasteiger partial charge in [0, 0.05) is 24.9 Å². The van der Waals surface area contributed by atoms with Gasteiger partial charge in [0.2, 0.25) is 5.91 Å². The van der Waals surface area contributed by atoms with Crippen LogP contribution in [0.2, 0.25) is 0 Å². The second-order valence-corrected chi connectivity index (χ2v) is 8.00. The fourth-order valence-corrected chi connectivity index (χ4v) is 3.91. The quantitative estimate of drug-likeness (QED) is 0.365. The summed E-state index contributed by atoms with van der Waals surface area (Å²) in [7, 11) is 0. The molecule has 31 heavy (non-hydrogen) atoms. The fourth-order valence-electron chi connectivity index (χ4n) is 3.80. The number of hydrogen-bond donors (Lipinski definition) is 3. The van der Waals surface area contributed by atoms with Gasteiger partial charge < -0.3 is 15.6 Å². The van der Waals surface area contributed by atoms with Crippen LogP contribution in [0.1, 0.15) is 36.7 Å². The minimum Gasteiger partial charge on any atom is -0.382 e. The monoisotopic (exact) mass is 433 g/mol. The van der Waals surface area contributed by atoms with Crippen LogP contribution in [-0.2, 0) is 24.3 Å². The molecule has 7 heteroatoms. The Morgan fingerprint density at radius 1 is 1.10 bits per heavy atom. The van der Waals surface area contributed by atoms with Crippen LogP contribution in [0.5, 0.6) is 0 Å². The largest absolute Gasteiger partial charge is 0.382 e. The third-order valence-electron chi connectivity index (χ3n) is 5.44. The normalized spacial score (nSPS) is 11.3. The van der Waals surface area contributed by atoms with Gasteiger partial charge in [-0.3, -0.25) is 4.79 Å². The number of carbonyl (C=O) groups is 1. The zero-order valence-electron chi connectivity index (χ0n) is 17.6. The van der Waals surface area contributed by atoms with Crippen LogP contribution in [0, 0.1) is 0 Å². The van der Waals surface area contributed by atoms with Gasteiger partial charge in [-0.25, -0.2) is 9.97 Å². The minimum atomic E-state index is -0.0732. The van der Waals surface area contributed by atoms with Crippen LogP contribution >= 0.6 is 12.6 Å². The van der Waals surface area contributed by atoms with Crippen LogP contribution < -0.4 is 11.1 Å². The number of aromatic nitrogens is 3. The molecule has 6 nitrogen and oxygen atoms in total. The zero-order chi connectivity index (χ0) is 21.8. The summed E-state index contributed by atoms with van der Waals surface area (Å²) >= 11 is 3.99. The van der Waals surface area contributed by atoms with Crippen molar-refractivity contribution in [3.63, 3.8) is 0 Å². The SMILES string of the molecule is CCCCc1nc2c(N)nc3ccccc3c2n1Cc1ccc(CNC(=O)CS)cc1.